The summed E-state index contributed by atoms with van der Waals surface area (Å²) in [5, 5.41) is 32.1. The number of carbonyl (C=O) groups excluding carboxylic acids is 2. The number of carbonyl (C=O) groups is 5. The lowest BCUT2D eigenvalue weighted by Crippen LogP contribution is -2.48. The van der Waals surface area contributed by atoms with Crippen molar-refractivity contribution in [3.63, 3.8) is 0 Å². The van der Waals surface area contributed by atoms with Crippen molar-refractivity contribution in [3.8, 4) is 5.75 Å². The van der Waals surface area contributed by atoms with Gasteiger partial charge in [0.15, 0.2) is 6.29 Å². The molecule has 0 aliphatic rings. The second-order valence-electron chi connectivity index (χ2n) is 7.09. The van der Waals surface area contributed by atoms with Crippen LogP contribution >= 0.6 is 0 Å². The molecule has 0 aliphatic carbocycles. The van der Waals surface area contributed by atoms with E-state index in [9.17, 15) is 24.0 Å². The highest BCUT2D eigenvalue weighted by Crippen LogP contribution is 2.16. The molecule has 0 fully saturated rings. The van der Waals surface area contributed by atoms with Crippen LogP contribution < -0.4 is 15.4 Å². The molecular formula is C22H30N2O11. The van der Waals surface area contributed by atoms with Gasteiger partial charge in [-0.15, -0.1) is 0 Å². The number of hydrogen-bond acceptors (Lipinski definition) is 9. The van der Waals surface area contributed by atoms with E-state index < -0.39 is 48.0 Å². The normalized spacial score (nSPS) is 11.8. The lowest BCUT2D eigenvalue weighted by Gasteiger charge is -2.22. The number of rotatable bonds is 18. The average Bonchev–Trinajstić information content (AvgIpc) is 2.80. The summed E-state index contributed by atoms with van der Waals surface area (Å²) in [6, 6.07) is 4.89. The predicted octanol–water partition coefficient (Wildman–Crippen LogP) is -0.337. The van der Waals surface area contributed by atoms with Gasteiger partial charge >= 0.3 is 17.9 Å². The van der Waals surface area contributed by atoms with Crippen molar-refractivity contribution in [2.24, 2.45) is 0 Å². The van der Waals surface area contributed by atoms with Crippen molar-refractivity contribution in [2.75, 3.05) is 26.3 Å². The van der Waals surface area contributed by atoms with E-state index in [-0.39, 0.29) is 31.7 Å². The molecule has 1 atom stereocenters. The highest BCUT2D eigenvalue weighted by molar-refractivity contribution is 6.32. The van der Waals surface area contributed by atoms with Gasteiger partial charge in [-0.1, -0.05) is 12.1 Å². The third-order valence-electron chi connectivity index (χ3n) is 4.51. The van der Waals surface area contributed by atoms with Gasteiger partial charge in [-0.3, -0.25) is 9.59 Å². The molecule has 1 unspecified atom stereocenters. The molecule has 0 spiro atoms. The maximum absolute atomic E-state index is 12.8. The Balaban J connectivity index is 2.88. The quantitative estimate of drug-likeness (QED) is 0.100. The Labute approximate surface area is 201 Å². The minimum absolute atomic E-state index is 0.000774. The third kappa shape index (κ3) is 10.9. The van der Waals surface area contributed by atoms with E-state index >= 15 is 0 Å². The van der Waals surface area contributed by atoms with Crippen LogP contribution in [-0.2, 0) is 39.9 Å². The standard InChI is InChI=1S/C22H30N2O11/c1-3-33-17(34-4-2)12-24-19(26)15(23-10-9-16(25)20(27)28)11-13-5-7-14(8-6-13)35-18(21(29)30)22(31)32/h5-8,15,17-18,23H,3-4,9-12H2,1-2H3,(H,24,26)(H,27,28)(H,29,30)(H,31,32). The molecule has 1 aromatic rings. The number of Topliss-reactive ketones (excluding diaryl/α,β-unsaturated/α-hetero) is 1. The van der Waals surface area contributed by atoms with Gasteiger partial charge in [-0.25, -0.2) is 14.4 Å². The number of benzene rings is 1. The van der Waals surface area contributed by atoms with Crippen LogP contribution in [0.5, 0.6) is 5.75 Å². The minimum atomic E-state index is -2.07. The molecule has 0 radical (unpaired) electrons. The molecule has 194 valence electrons. The number of nitrogens with one attached hydrogen (secondary N) is 2. The van der Waals surface area contributed by atoms with Gasteiger partial charge in [0.1, 0.15) is 5.75 Å². The van der Waals surface area contributed by atoms with E-state index in [1.165, 1.54) is 24.3 Å². The monoisotopic (exact) mass is 498 g/mol. The average molecular weight is 498 g/mol. The molecule has 1 aromatic carbocycles. The molecule has 35 heavy (non-hydrogen) atoms. The largest absolute Gasteiger partial charge is 0.478 e. The third-order valence-corrected chi connectivity index (χ3v) is 4.51. The molecule has 1 rings (SSSR count). The first kappa shape index (κ1) is 29.5. The summed E-state index contributed by atoms with van der Waals surface area (Å²) < 4.78 is 15.7. The Morgan fingerprint density at radius 2 is 1.49 bits per heavy atom. The zero-order chi connectivity index (χ0) is 26.4. The first-order valence-corrected chi connectivity index (χ1v) is 10.8. The summed E-state index contributed by atoms with van der Waals surface area (Å²) in [5.74, 6) is -6.33. The van der Waals surface area contributed by atoms with Crippen LogP contribution in [0.15, 0.2) is 24.3 Å². The Morgan fingerprint density at radius 1 is 0.914 bits per heavy atom. The second kappa shape index (κ2) is 15.4. The van der Waals surface area contributed by atoms with Crippen LogP contribution in [0.3, 0.4) is 0 Å². The number of hydrogen-bond donors (Lipinski definition) is 5. The van der Waals surface area contributed by atoms with Crippen molar-refractivity contribution < 1.29 is 53.5 Å². The van der Waals surface area contributed by atoms with Crippen LogP contribution in [0.25, 0.3) is 0 Å². The van der Waals surface area contributed by atoms with Gasteiger partial charge in [0.05, 0.1) is 12.6 Å². The Kier molecular flexibility index (Phi) is 12.9. The first-order chi connectivity index (χ1) is 16.6. The summed E-state index contributed by atoms with van der Waals surface area (Å²) in [4.78, 5) is 56.8. The highest BCUT2D eigenvalue weighted by atomic mass is 16.7. The SMILES string of the molecule is CCOC(CNC(=O)C(Cc1ccc(OC(C(=O)O)C(=O)O)cc1)NCCC(=O)C(=O)O)OCC. The minimum Gasteiger partial charge on any atom is -0.478 e. The Morgan fingerprint density at radius 3 is 1.97 bits per heavy atom. The van der Waals surface area contributed by atoms with E-state index in [4.69, 9.17) is 29.5 Å². The number of carboxylic acids is 3. The van der Waals surface area contributed by atoms with Crippen LogP contribution in [-0.4, -0.2) is 89.7 Å². The summed E-state index contributed by atoms with van der Waals surface area (Å²) in [6.07, 6.45) is -2.94. The molecule has 0 aliphatic heterocycles. The van der Waals surface area contributed by atoms with Crippen molar-refractivity contribution >= 4 is 29.6 Å². The van der Waals surface area contributed by atoms with Crippen LogP contribution in [0.1, 0.15) is 25.8 Å². The van der Waals surface area contributed by atoms with E-state index in [1.807, 2.05) is 0 Å². The van der Waals surface area contributed by atoms with Gasteiger partial charge in [0.2, 0.25) is 11.7 Å². The molecule has 0 saturated heterocycles. The topological polar surface area (TPSA) is 198 Å². The maximum Gasteiger partial charge on any atom is 0.372 e. The highest BCUT2D eigenvalue weighted by Gasteiger charge is 2.28. The molecule has 0 bridgehead atoms. The van der Waals surface area contributed by atoms with E-state index in [0.717, 1.165) is 0 Å². The summed E-state index contributed by atoms with van der Waals surface area (Å²) in [6.45, 7) is 4.30. The van der Waals surface area contributed by atoms with E-state index in [0.29, 0.717) is 18.8 Å². The number of carboxylic acid groups (broad SMARTS) is 3. The van der Waals surface area contributed by atoms with Crippen molar-refractivity contribution in [3.05, 3.63) is 29.8 Å². The summed E-state index contributed by atoms with van der Waals surface area (Å²) in [5.41, 5.74) is 0.600. The number of amides is 1. The van der Waals surface area contributed by atoms with Gasteiger partial charge in [-0.2, -0.15) is 0 Å². The molecule has 13 heteroatoms. The van der Waals surface area contributed by atoms with Gasteiger partial charge in [-0.05, 0) is 38.0 Å². The van der Waals surface area contributed by atoms with Crippen LogP contribution in [0.4, 0.5) is 0 Å². The fraction of sp³-hybridized carbons (Fsp3) is 0.500. The molecule has 13 nitrogen and oxygen atoms in total. The molecular weight excluding hydrogens is 468 g/mol. The van der Waals surface area contributed by atoms with Gasteiger partial charge in [0.25, 0.3) is 6.10 Å². The molecule has 0 heterocycles. The fourth-order valence-electron chi connectivity index (χ4n) is 2.85. The van der Waals surface area contributed by atoms with Crippen molar-refractivity contribution in [1.29, 1.82) is 0 Å². The van der Waals surface area contributed by atoms with Crippen LogP contribution in [0, 0.1) is 0 Å². The molecule has 1 amide bonds. The first-order valence-electron chi connectivity index (χ1n) is 10.8. The Bertz CT molecular complexity index is 853. The molecule has 0 aromatic heterocycles. The summed E-state index contributed by atoms with van der Waals surface area (Å²) in [7, 11) is 0. The smallest absolute Gasteiger partial charge is 0.372 e. The molecule has 5 N–H and O–H groups in total. The zero-order valence-electron chi connectivity index (χ0n) is 19.4. The second-order valence-corrected chi connectivity index (χ2v) is 7.09. The fourth-order valence-corrected chi connectivity index (χ4v) is 2.85. The van der Waals surface area contributed by atoms with Crippen LogP contribution in [0.2, 0.25) is 0 Å². The number of ketones is 1. The van der Waals surface area contributed by atoms with E-state index in [2.05, 4.69) is 10.6 Å². The predicted molar refractivity (Wildman–Crippen MR) is 119 cm³/mol. The van der Waals surface area contributed by atoms with Crippen molar-refractivity contribution in [2.45, 2.75) is 45.1 Å². The zero-order valence-corrected chi connectivity index (χ0v) is 19.4. The lowest BCUT2D eigenvalue weighted by molar-refractivity contribution is -0.159. The van der Waals surface area contributed by atoms with Gasteiger partial charge < -0.3 is 40.2 Å². The van der Waals surface area contributed by atoms with E-state index in [1.54, 1.807) is 13.8 Å². The number of ether oxygens (including phenoxy) is 3. The van der Waals surface area contributed by atoms with Crippen molar-refractivity contribution in [1.82, 2.24) is 10.6 Å². The van der Waals surface area contributed by atoms with Gasteiger partial charge in [0, 0.05) is 26.2 Å². The summed E-state index contributed by atoms with van der Waals surface area (Å²) >= 11 is 0. The Hall–Kier alpha value is -3.55. The lowest BCUT2D eigenvalue weighted by atomic mass is 10.0. The maximum atomic E-state index is 12.8. The molecule has 0 saturated carbocycles. The number of aliphatic carboxylic acids is 3.